The Labute approximate surface area is 164 Å². The lowest BCUT2D eigenvalue weighted by molar-refractivity contribution is -0.137. The highest BCUT2D eigenvalue weighted by atomic mass is 19.4. The predicted octanol–water partition coefficient (Wildman–Crippen LogP) is 6.82. The molecule has 0 N–H and O–H groups in total. The zero-order valence-electron chi connectivity index (χ0n) is 16.3. The van der Waals surface area contributed by atoms with E-state index in [1.807, 2.05) is 18.3 Å². The Kier molecular flexibility index (Phi) is 5.92. The van der Waals surface area contributed by atoms with Crippen LogP contribution in [0.25, 0.3) is 5.69 Å². The van der Waals surface area contributed by atoms with Gasteiger partial charge in [0.05, 0.1) is 16.9 Å². The third-order valence-electron chi connectivity index (χ3n) is 5.23. The summed E-state index contributed by atoms with van der Waals surface area (Å²) < 4.78 is 39.9. The summed E-state index contributed by atoms with van der Waals surface area (Å²) in [5.41, 5.74) is 2.24. The second-order valence-corrected chi connectivity index (χ2v) is 7.63. The summed E-state index contributed by atoms with van der Waals surface area (Å²) in [6.07, 6.45) is -1.55. The SMILES string of the molecule is CC(C)C(C[C@H](C)c1ccccc1)c1ccn(-c2ccc(C(F)(F)F)cc2)n1. The zero-order valence-corrected chi connectivity index (χ0v) is 16.3. The predicted molar refractivity (Wildman–Crippen MR) is 106 cm³/mol. The maximum Gasteiger partial charge on any atom is 0.416 e. The van der Waals surface area contributed by atoms with Gasteiger partial charge in [0.1, 0.15) is 0 Å². The van der Waals surface area contributed by atoms with Gasteiger partial charge in [0, 0.05) is 12.1 Å². The van der Waals surface area contributed by atoms with Gasteiger partial charge in [0.2, 0.25) is 0 Å². The van der Waals surface area contributed by atoms with Crippen molar-refractivity contribution < 1.29 is 13.2 Å². The molecule has 1 aromatic heterocycles. The van der Waals surface area contributed by atoms with E-state index < -0.39 is 11.7 Å². The number of halogens is 3. The average Bonchev–Trinajstić information content (AvgIpc) is 3.15. The average molecular weight is 386 g/mol. The van der Waals surface area contributed by atoms with Gasteiger partial charge >= 0.3 is 6.18 Å². The van der Waals surface area contributed by atoms with Crippen LogP contribution in [0.3, 0.4) is 0 Å². The summed E-state index contributed by atoms with van der Waals surface area (Å²) in [5.74, 6) is 1.07. The van der Waals surface area contributed by atoms with Crippen LogP contribution in [0.2, 0.25) is 0 Å². The van der Waals surface area contributed by atoms with Crippen molar-refractivity contribution >= 4 is 0 Å². The third kappa shape index (κ3) is 4.64. The lowest BCUT2D eigenvalue weighted by Crippen LogP contribution is -2.12. The van der Waals surface area contributed by atoms with Crippen molar-refractivity contribution in [1.82, 2.24) is 9.78 Å². The molecule has 0 bridgehead atoms. The molecule has 0 aliphatic rings. The molecule has 0 aliphatic carbocycles. The van der Waals surface area contributed by atoms with E-state index in [0.717, 1.165) is 24.2 Å². The van der Waals surface area contributed by atoms with Gasteiger partial charge in [-0.15, -0.1) is 0 Å². The van der Waals surface area contributed by atoms with E-state index in [1.165, 1.54) is 17.7 Å². The molecule has 0 saturated carbocycles. The van der Waals surface area contributed by atoms with Crippen LogP contribution in [-0.2, 0) is 6.18 Å². The zero-order chi connectivity index (χ0) is 20.3. The Hall–Kier alpha value is -2.56. The molecule has 3 rings (SSSR count). The van der Waals surface area contributed by atoms with E-state index in [0.29, 0.717) is 17.5 Å². The Bertz CT molecular complexity index is 880. The summed E-state index contributed by atoms with van der Waals surface area (Å²) in [4.78, 5) is 0. The van der Waals surface area contributed by atoms with Crippen LogP contribution in [0.5, 0.6) is 0 Å². The summed E-state index contributed by atoms with van der Waals surface area (Å²) in [6.45, 7) is 6.58. The van der Waals surface area contributed by atoms with E-state index in [9.17, 15) is 13.2 Å². The van der Waals surface area contributed by atoms with Crippen LogP contribution < -0.4 is 0 Å². The van der Waals surface area contributed by atoms with Crippen LogP contribution in [0, 0.1) is 5.92 Å². The molecule has 2 aromatic carbocycles. The molecule has 0 aliphatic heterocycles. The minimum atomic E-state index is -4.33. The highest BCUT2D eigenvalue weighted by molar-refractivity contribution is 5.35. The van der Waals surface area contributed by atoms with Gasteiger partial charge < -0.3 is 0 Å². The molecule has 5 heteroatoms. The van der Waals surface area contributed by atoms with E-state index in [-0.39, 0.29) is 5.92 Å². The molecule has 0 fully saturated rings. The minimum absolute atomic E-state index is 0.269. The van der Waals surface area contributed by atoms with Gasteiger partial charge in [-0.05, 0) is 54.2 Å². The van der Waals surface area contributed by atoms with E-state index in [4.69, 9.17) is 0 Å². The first-order chi connectivity index (χ1) is 13.3. The summed E-state index contributed by atoms with van der Waals surface area (Å²) in [6, 6.07) is 17.5. The van der Waals surface area contributed by atoms with E-state index in [2.05, 4.69) is 50.1 Å². The number of rotatable bonds is 6. The lowest BCUT2D eigenvalue weighted by atomic mass is 9.82. The maximum absolute atomic E-state index is 12.8. The first-order valence-corrected chi connectivity index (χ1v) is 9.54. The molecule has 2 atom stereocenters. The molecular formula is C23H25F3N2. The second kappa shape index (κ2) is 8.21. The normalized spacial score (nSPS) is 14.2. The molecule has 1 unspecified atom stereocenters. The third-order valence-corrected chi connectivity index (χ3v) is 5.23. The highest BCUT2D eigenvalue weighted by Gasteiger charge is 2.30. The van der Waals surface area contributed by atoms with Crippen molar-refractivity contribution in [3.8, 4) is 5.69 Å². The molecule has 0 amide bonds. The van der Waals surface area contributed by atoms with Crippen molar-refractivity contribution in [3.63, 3.8) is 0 Å². The number of alkyl halides is 3. The second-order valence-electron chi connectivity index (χ2n) is 7.63. The fourth-order valence-electron chi connectivity index (χ4n) is 3.52. The van der Waals surface area contributed by atoms with Crippen LogP contribution in [0.15, 0.2) is 66.9 Å². The Balaban J connectivity index is 1.80. The number of aromatic nitrogens is 2. The molecule has 3 aromatic rings. The van der Waals surface area contributed by atoms with Gasteiger partial charge in [-0.3, -0.25) is 0 Å². The summed E-state index contributed by atoms with van der Waals surface area (Å²) in [7, 11) is 0. The van der Waals surface area contributed by atoms with Crippen molar-refractivity contribution in [2.45, 2.75) is 45.2 Å². The number of benzene rings is 2. The first-order valence-electron chi connectivity index (χ1n) is 9.54. The van der Waals surface area contributed by atoms with Gasteiger partial charge in [0.15, 0.2) is 0 Å². The summed E-state index contributed by atoms with van der Waals surface area (Å²) >= 11 is 0. The van der Waals surface area contributed by atoms with E-state index >= 15 is 0 Å². The van der Waals surface area contributed by atoms with Crippen LogP contribution in [-0.4, -0.2) is 9.78 Å². The van der Waals surface area contributed by atoms with Gasteiger partial charge in [-0.1, -0.05) is 51.1 Å². The summed E-state index contributed by atoms with van der Waals surface area (Å²) in [5, 5.41) is 4.68. The fraction of sp³-hybridized carbons (Fsp3) is 0.348. The minimum Gasteiger partial charge on any atom is -0.241 e. The molecule has 0 radical (unpaired) electrons. The number of hydrogen-bond donors (Lipinski definition) is 0. The molecule has 0 spiro atoms. The smallest absolute Gasteiger partial charge is 0.241 e. The van der Waals surface area contributed by atoms with Gasteiger partial charge in [0.25, 0.3) is 0 Å². The van der Waals surface area contributed by atoms with Crippen molar-refractivity contribution in [3.05, 3.63) is 83.7 Å². The van der Waals surface area contributed by atoms with E-state index in [1.54, 1.807) is 4.68 Å². The molecule has 28 heavy (non-hydrogen) atoms. The number of nitrogens with zero attached hydrogens (tertiary/aromatic N) is 2. The van der Waals surface area contributed by atoms with Crippen molar-refractivity contribution in [2.75, 3.05) is 0 Å². The topological polar surface area (TPSA) is 17.8 Å². The lowest BCUT2D eigenvalue weighted by Gasteiger charge is -2.23. The first kappa shape index (κ1) is 20.2. The largest absolute Gasteiger partial charge is 0.416 e. The monoisotopic (exact) mass is 386 g/mol. The molecule has 0 saturated heterocycles. The van der Waals surface area contributed by atoms with Crippen molar-refractivity contribution in [2.24, 2.45) is 5.92 Å². The van der Waals surface area contributed by atoms with Crippen LogP contribution >= 0.6 is 0 Å². The van der Waals surface area contributed by atoms with Crippen molar-refractivity contribution in [1.29, 1.82) is 0 Å². The Morgan fingerprint density at radius 3 is 2.11 bits per heavy atom. The molecule has 1 heterocycles. The fourth-order valence-corrected chi connectivity index (χ4v) is 3.52. The van der Waals surface area contributed by atoms with Gasteiger partial charge in [-0.2, -0.15) is 18.3 Å². The Morgan fingerprint density at radius 1 is 0.893 bits per heavy atom. The maximum atomic E-state index is 12.8. The Morgan fingerprint density at radius 2 is 1.54 bits per heavy atom. The van der Waals surface area contributed by atoms with Gasteiger partial charge in [-0.25, -0.2) is 4.68 Å². The molecule has 148 valence electrons. The van der Waals surface area contributed by atoms with Crippen LogP contribution in [0.1, 0.15) is 55.8 Å². The standard InChI is InChI=1S/C23H25F3N2/c1-16(2)21(15-17(3)18-7-5-4-6-8-18)22-13-14-28(27-22)20-11-9-19(10-12-20)23(24,25)26/h4-14,16-17,21H,15H2,1-3H3/t17-,21?/m0/s1. The van der Waals surface area contributed by atoms with Crippen LogP contribution in [0.4, 0.5) is 13.2 Å². The number of hydrogen-bond acceptors (Lipinski definition) is 1. The molecular weight excluding hydrogens is 361 g/mol. The quantitative estimate of drug-likeness (QED) is 0.454. The molecule has 2 nitrogen and oxygen atoms in total. The highest BCUT2D eigenvalue weighted by Crippen LogP contribution is 2.34.